The zero-order valence-electron chi connectivity index (χ0n) is 9.79. The van der Waals surface area contributed by atoms with E-state index in [1.807, 2.05) is 30.3 Å². The summed E-state index contributed by atoms with van der Waals surface area (Å²) in [6.07, 6.45) is 0. The molecular formula is C15H13ClFN. The van der Waals surface area contributed by atoms with Crippen molar-refractivity contribution in [2.24, 2.45) is 0 Å². The van der Waals surface area contributed by atoms with Gasteiger partial charge in [-0.1, -0.05) is 54.6 Å². The van der Waals surface area contributed by atoms with E-state index >= 15 is 0 Å². The zero-order chi connectivity index (χ0) is 13.0. The van der Waals surface area contributed by atoms with Gasteiger partial charge >= 0.3 is 0 Å². The Hall–Kier alpha value is -1.80. The number of nitrogens with one attached hydrogen (secondary N) is 1. The van der Waals surface area contributed by atoms with Crippen LogP contribution in [0.2, 0.25) is 5.02 Å². The van der Waals surface area contributed by atoms with Crippen LogP contribution in [-0.4, -0.2) is 6.54 Å². The Labute approximate surface area is 111 Å². The molecule has 2 rings (SSSR count). The lowest BCUT2D eigenvalue weighted by atomic mass is 10.1. The van der Waals surface area contributed by atoms with E-state index < -0.39 is 5.82 Å². The van der Waals surface area contributed by atoms with Gasteiger partial charge in [-0.05, 0) is 23.3 Å². The van der Waals surface area contributed by atoms with Gasteiger partial charge in [-0.3, -0.25) is 0 Å². The lowest BCUT2D eigenvalue weighted by Gasteiger charge is -2.10. The average Bonchev–Trinajstić information content (AvgIpc) is 2.41. The minimum atomic E-state index is -0.431. The molecule has 2 aromatic rings. The number of rotatable bonds is 4. The van der Waals surface area contributed by atoms with Crippen molar-refractivity contribution in [2.45, 2.75) is 0 Å². The Bertz CT molecular complexity index is 552. The Morgan fingerprint density at radius 1 is 1.11 bits per heavy atom. The first-order valence-corrected chi connectivity index (χ1v) is 5.97. The Morgan fingerprint density at radius 3 is 2.56 bits per heavy atom. The van der Waals surface area contributed by atoms with Crippen LogP contribution in [0, 0.1) is 5.82 Å². The van der Waals surface area contributed by atoms with Gasteiger partial charge in [0.2, 0.25) is 0 Å². The fraction of sp³-hybridized carbons (Fsp3) is 0.0667. The Morgan fingerprint density at radius 2 is 1.83 bits per heavy atom. The van der Waals surface area contributed by atoms with Crippen molar-refractivity contribution in [3.63, 3.8) is 0 Å². The van der Waals surface area contributed by atoms with Crippen LogP contribution in [-0.2, 0) is 0 Å². The summed E-state index contributed by atoms with van der Waals surface area (Å²) in [5.74, 6) is -0.431. The molecule has 0 unspecified atom stereocenters. The molecule has 3 heteroatoms. The molecular weight excluding hydrogens is 249 g/mol. The highest BCUT2D eigenvalue weighted by Crippen LogP contribution is 2.22. The van der Waals surface area contributed by atoms with Gasteiger partial charge in [0.1, 0.15) is 0 Å². The predicted molar refractivity (Wildman–Crippen MR) is 75.4 cm³/mol. The Kier molecular flexibility index (Phi) is 4.00. The molecule has 18 heavy (non-hydrogen) atoms. The van der Waals surface area contributed by atoms with Crippen LogP contribution in [0.5, 0.6) is 0 Å². The maximum atomic E-state index is 13.6. The molecule has 0 aliphatic heterocycles. The molecule has 0 amide bonds. The van der Waals surface area contributed by atoms with Crippen LogP contribution in [0.15, 0.2) is 55.1 Å². The van der Waals surface area contributed by atoms with E-state index in [0.717, 1.165) is 11.1 Å². The van der Waals surface area contributed by atoms with Gasteiger partial charge in [-0.2, -0.15) is 0 Å². The molecule has 0 atom stereocenters. The number of benzene rings is 2. The van der Waals surface area contributed by atoms with E-state index in [9.17, 15) is 4.39 Å². The number of hydrogen-bond donors (Lipinski definition) is 1. The second-order valence-electron chi connectivity index (χ2n) is 3.92. The summed E-state index contributed by atoms with van der Waals surface area (Å²) in [4.78, 5) is 0. The summed E-state index contributed by atoms with van der Waals surface area (Å²) in [5.41, 5.74) is 2.32. The van der Waals surface area contributed by atoms with Crippen molar-refractivity contribution in [3.05, 3.63) is 71.5 Å². The van der Waals surface area contributed by atoms with Crippen molar-refractivity contribution in [3.8, 4) is 0 Å². The third-order valence-electron chi connectivity index (χ3n) is 2.63. The van der Waals surface area contributed by atoms with E-state index in [4.69, 9.17) is 11.6 Å². The molecule has 0 aliphatic rings. The van der Waals surface area contributed by atoms with Crippen LogP contribution < -0.4 is 5.32 Å². The van der Waals surface area contributed by atoms with Crippen LogP contribution >= 0.6 is 11.6 Å². The quantitative estimate of drug-likeness (QED) is 0.848. The van der Waals surface area contributed by atoms with Gasteiger partial charge in [-0.25, -0.2) is 4.39 Å². The van der Waals surface area contributed by atoms with Crippen LogP contribution in [0.25, 0.3) is 5.57 Å². The summed E-state index contributed by atoms with van der Waals surface area (Å²) in [7, 11) is 0. The van der Waals surface area contributed by atoms with Gasteiger partial charge < -0.3 is 5.32 Å². The smallest absolute Gasteiger partial charge is 0.164 e. The fourth-order valence-corrected chi connectivity index (χ4v) is 1.79. The standard InChI is InChI=1S/C15H13ClFN/c1-11(12-6-3-2-4-7-12)10-18-14-9-5-8-13(16)15(14)17/h2-9,18H,1,10H2. The fourth-order valence-electron chi connectivity index (χ4n) is 1.62. The molecule has 0 saturated carbocycles. The molecule has 0 heterocycles. The maximum Gasteiger partial charge on any atom is 0.164 e. The number of halogens is 2. The molecule has 0 saturated heterocycles. The van der Waals surface area contributed by atoms with Gasteiger partial charge in [0, 0.05) is 6.54 Å². The highest BCUT2D eigenvalue weighted by molar-refractivity contribution is 6.31. The normalized spacial score (nSPS) is 10.1. The molecule has 0 fully saturated rings. The van der Waals surface area contributed by atoms with E-state index in [1.54, 1.807) is 12.1 Å². The minimum Gasteiger partial charge on any atom is -0.379 e. The first kappa shape index (κ1) is 12.7. The van der Waals surface area contributed by atoms with Crippen LogP contribution in [0.1, 0.15) is 5.56 Å². The highest BCUT2D eigenvalue weighted by atomic mass is 35.5. The number of hydrogen-bond acceptors (Lipinski definition) is 1. The van der Waals surface area contributed by atoms with Crippen molar-refractivity contribution >= 4 is 22.9 Å². The van der Waals surface area contributed by atoms with Crippen molar-refractivity contribution in [1.82, 2.24) is 0 Å². The first-order valence-electron chi connectivity index (χ1n) is 5.59. The first-order chi connectivity index (χ1) is 8.68. The molecule has 1 nitrogen and oxygen atoms in total. The van der Waals surface area contributed by atoms with Crippen LogP contribution in [0.4, 0.5) is 10.1 Å². The SMILES string of the molecule is C=C(CNc1cccc(Cl)c1F)c1ccccc1. The maximum absolute atomic E-state index is 13.6. The summed E-state index contributed by atoms with van der Waals surface area (Å²) < 4.78 is 13.6. The second kappa shape index (κ2) is 5.69. The third kappa shape index (κ3) is 2.90. The summed E-state index contributed by atoms with van der Waals surface area (Å²) >= 11 is 5.71. The van der Waals surface area contributed by atoms with Crippen LogP contribution in [0.3, 0.4) is 0 Å². The topological polar surface area (TPSA) is 12.0 Å². The molecule has 0 bridgehead atoms. The average molecular weight is 262 g/mol. The molecule has 2 aromatic carbocycles. The molecule has 92 valence electrons. The zero-order valence-corrected chi connectivity index (χ0v) is 10.5. The second-order valence-corrected chi connectivity index (χ2v) is 4.33. The van der Waals surface area contributed by atoms with Gasteiger partial charge in [-0.15, -0.1) is 0 Å². The molecule has 0 radical (unpaired) electrons. The largest absolute Gasteiger partial charge is 0.379 e. The van der Waals surface area contributed by atoms with Crippen molar-refractivity contribution in [2.75, 3.05) is 11.9 Å². The lowest BCUT2D eigenvalue weighted by molar-refractivity contribution is 0.631. The highest BCUT2D eigenvalue weighted by Gasteiger charge is 2.06. The van der Waals surface area contributed by atoms with Gasteiger partial charge in [0.25, 0.3) is 0 Å². The summed E-state index contributed by atoms with van der Waals surface area (Å²) in [6, 6.07) is 14.7. The summed E-state index contributed by atoms with van der Waals surface area (Å²) in [6.45, 7) is 4.45. The van der Waals surface area contributed by atoms with Gasteiger partial charge in [0.05, 0.1) is 10.7 Å². The van der Waals surface area contributed by atoms with Gasteiger partial charge in [0.15, 0.2) is 5.82 Å². The van der Waals surface area contributed by atoms with Crippen molar-refractivity contribution in [1.29, 1.82) is 0 Å². The minimum absolute atomic E-state index is 0.116. The van der Waals surface area contributed by atoms with E-state index in [2.05, 4.69) is 11.9 Å². The molecule has 0 spiro atoms. The van der Waals surface area contributed by atoms with E-state index in [1.165, 1.54) is 6.07 Å². The predicted octanol–water partition coefficient (Wildman–Crippen LogP) is 4.60. The monoisotopic (exact) mass is 261 g/mol. The van der Waals surface area contributed by atoms with E-state index in [0.29, 0.717) is 12.2 Å². The summed E-state index contributed by atoms with van der Waals surface area (Å²) in [5, 5.41) is 3.11. The molecule has 1 N–H and O–H groups in total. The van der Waals surface area contributed by atoms with Crippen molar-refractivity contribution < 1.29 is 4.39 Å². The lowest BCUT2D eigenvalue weighted by Crippen LogP contribution is -2.05. The molecule has 0 aliphatic carbocycles. The molecule has 0 aromatic heterocycles. The Balaban J connectivity index is 2.04. The number of anilines is 1. The third-order valence-corrected chi connectivity index (χ3v) is 2.92. The van der Waals surface area contributed by atoms with E-state index in [-0.39, 0.29) is 5.02 Å².